The van der Waals surface area contributed by atoms with Gasteiger partial charge in [0.15, 0.2) is 0 Å². The summed E-state index contributed by atoms with van der Waals surface area (Å²) in [5.74, 6) is -15.3. The number of aliphatic carboxylic acids is 3. The van der Waals surface area contributed by atoms with Crippen LogP contribution in [0.2, 0.25) is 0 Å². The monoisotopic (exact) mass is 1250 g/mol. The molecular weight excluding hydrogens is 1180 g/mol. The van der Waals surface area contributed by atoms with Gasteiger partial charge in [-0.15, -0.1) is 0 Å². The molecule has 0 spiro atoms. The number of amides is 9. The van der Waals surface area contributed by atoms with E-state index in [-0.39, 0.29) is 24.1 Å². The van der Waals surface area contributed by atoms with Crippen molar-refractivity contribution in [3.8, 4) is 11.1 Å². The Kier molecular flexibility index (Phi) is 30.3. The summed E-state index contributed by atoms with van der Waals surface area (Å²) in [4.78, 5) is 152. The van der Waals surface area contributed by atoms with Gasteiger partial charge < -0.3 is 78.6 Å². The summed E-state index contributed by atoms with van der Waals surface area (Å²) in [6.07, 6.45) is -5.21. The topological polar surface area (TPSA) is 430 Å². The van der Waals surface area contributed by atoms with Gasteiger partial charge in [0.2, 0.25) is 53.2 Å². The van der Waals surface area contributed by atoms with E-state index in [1.807, 2.05) is 12.1 Å². The van der Waals surface area contributed by atoms with Crippen LogP contribution in [0, 0.1) is 17.0 Å². The first-order chi connectivity index (χ1) is 41.0. The van der Waals surface area contributed by atoms with Crippen molar-refractivity contribution in [3.63, 3.8) is 0 Å². The van der Waals surface area contributed by atoms with Crippen LogP contribution in [-0.4, -0.2) is 170 Å². The molecule has 0 aliphatic rings. The normalized spacial score (nSPS) is 13.6. The number of carbonyl (C=O) groups is 12. The number of hydrogen-bond acceptors (Lipinski definition) is 14. The highest BCUT2D eigenvalue weighted by atomic mass is 19.4. The predicted molar refractivity (Wildman–Crippen MR) is 302 cm³/mol. The summed E-state index contributed by atoms with van der Waals surface area (Å²) in [5.41, 5.74) is 11.4. The number of nitrogens with two attached hydrogens (primary N) is 2. The molecule has 27 nitrogen and oxygen atoms in total. The number of aromatic nitrogens is 1. The Bertz CT molecular complexity index is 2940. The molecule has 0 radical (unpaired) electrons. The lowest BCUT2D eigenvalue weighted by molar-refractivity contribution is -0.192. The van der Waals surface area contributed by atoms with Crippen LogP contribution in [0.25, 0.3) is 11.1 Å². The number of aliphatic hydroxyl groups is 1. The molecule has 32 heteroatoms. The van der Waals surface area contributed by atoms with Crippen molar-refractivity contribution in [2.75, 3.05) is 26.2 Å². The van der Waals surface area contributed by atoms with E-state index in [0.29, 0.717) is 25.1 Å². The maximum absolute atomic E-state index is 15.4. The molecule has 3 rings (SSSR count). The molecule has 0 aliphatic carbocycles. The highest BCUT2D eigenvalue weighted by Crippen LogP contribution is 2.41. The molecule has 88 heavy (non-hydrogen) atoms. The highest BCUT2D eigenvalue weighted by molar-refractivity contribution is 5.97. The van der Waals surface area contributed by atoms with Crippen LogP contribution in [0.15, 0.2) is 60.8 Å². The zero-order valence-electron chi connectivity index (χ0n) is 49.1. The maximum atomic E-state index is 15.4. The number of alkyl halides is 3. The minimum atomic E-state index is -5.08. The number of benzene rings is 2. The Labute approximate surface area is 502 Å². The molecule has 0 saturated heterocycles. The van der Waals surface area contributed by atoms with Crippen LogP contribution >= 0.6 is 0 Å². The van der Waals surface area contributed by atoms with Gasteiger partial charge in [-0.2, -0.15) is 13.2 Å². The Morgan fingerprint density at radius 2 is 1.25 bits per heavy atom. The molecule has 0 fully saturated rings. The fourth-order valence-corrected chi connectivity index (χ4v) is 8.62. The quantitative estimate of drug-likeness (QED) is 0.0297. The number of carboxylic acids is 3. The number of nitrogens with one attached hydrogen (secondary N) is 7. The Hall–Kier alpha value is -9.07. The zero-order chi connectivity index (χ0) is 66.8. The Morgan fingerprint density at radius 1 is 0.682 bits per heavy atom. The van der Waals surface area contributed by atoms with Crippen molar-refractivity contribution in [1.82, 2.24) is 46.7 Å². The Balaban J connectivity index is 0.00000354. The molecular formula is C56H76F5N11O16. The summed E-state index contributed by atoms with van der Waals surface area (Å²) >= 11 is 0. The number of primary amides is 1. The van der Waals surface area contributed by atoms with Crippen LogP contribution in [-0.2, 0) is 64.1 Å². The number of halogens is 5. The minimum absolute atomic E-state index is 0.0988. The van der Waals surface area contributed by atoms with Crippen LogP contribution in [0.3, 0.4) is 0 Å². The van der Waals surface area contributed by atoms with Crippen molar-refractivity contribution in [2.24, 2.45) is 16.9 Å². The summed E-state index contributed by atoms with van der Waals surface area (Å²) in [6.45, 7) is 7.51. The third kappa shape index (κ3) is 25.9. The summed E-state index contributed by atoms with van der Waals surface area (Å²) in [5, 5.41) is 52.9. The predicted octanol–water partition coefficient (Wildman–Crippen LogP) is 0.842. The lowest BCUT2D eigenvalue weighted by Gasteiger charge is -2.41. The standard InChI is InChI=1S/C54H75F2N11O14.C2HF3O2/c1-30(61-51(78)38(62-32(3)69)14-10-11-21-57)48(75)60-31(2)49(76)65-41(26-43(58)70)52(79)64-39(50(77)59-22-19-44(71)63-40(53(80)81)17-18-46(73)74)20-23-67(45(72)29-68)47(54(4,5)6)42-24-34(36-25-35(55)15-16-37(36)56)28-66(42)27-33-12-8-7-9-13-33;3-2(4,5)1(6)7/h7-9,12-13,15-16,24-25,28,30-31,38-41,47,68H,10-11,14,17-23,26-27,29,57H2,1-6H3,(H2,58,70)(H,59,77)(H,60,75)(H,61,78)(H,62,69)(H,63,71)(H,64,79)(H,65,76)(H,73,74)(H,80,81);(H,6,7)/t30-,31-,38-,39-,40-,41-,47-;/m0./s1. The molecule has 2 aromatic carbocycles. The number of rotatable bonds is 33. The molecule has 0 aliphatic heterocycles. The largest absolute Gasteiger partial charge is 0.490 e. The fraction of sp³-hybridized carbons (Fsp3) is 0.500. The maximum Gasteiger partial charge on any atom is 0.490 e. The minimum Gasteiger partial charge on any atom is -0.481 e. The summed E-state index contributed by atoms with van der Waals surface area (Å²) < 4.78 is 63.5. The molecule has 3 aromatic rings. The highest BCUT2D eigenvalue weighted by Gasteiger charge is 2.40. The lowest BCUT2D eigenvalue weighted by Crippen LogP contribution is -2.59. The average molecular weight is 1250 g/mol. The molecule has 9 amide bonds. The third-order valence-corrected chi connectivity index (χ3v) is 12.9. The number of carboxylic acid groups (broad SMARTS) is 3. The van der Waals surface area contributed by atoms with Crippen LogP contribution in [0.4, 0.5) is 22.0 Å². The first kappa shape index (κ1) is 75.0. The second-order valence-corrected chi connectivity index (χ2v) is 21.2. The van der Waals surface area contributed by atoms with Gasteiger partial charge in [-0.25, -0.2) is 18.4 Å². The van der Waals surface area contributed by atoms with E-state index in [1.54, 1.807) is 55.8 Å². The van der Waals surface area contributed by atoms with Gasteiger partial charge in [-0.3, -0.25) is 47.9 Å². The van der Waals surface area contributed by atoms with E-state index in [9.17, 15) is 80.5 Å². The van der Waals surface area contributed by atoms with E-state index < -0.39 is 188 Å². The van der Waals surface area contributed by atoms with Crippen molar-refractivity contribution in [1.29, 1.82) is 0 Å². The van der Waals surface area contributed by atoms with Gasteiger partial charge in [0.25, 0.3) is 0 Å². The molecule has 1 aromatic heterocycles. The lowest BCUT2D eigenvalue weighted by atomic mass is 9.82. The molecule has 15 N–H and O–H groups in total. The van der Waals surface area contributed by atoms with E-state index >= 15 is 4.39 Å². The SMILES string of the molecule is CC(=O)N[C@@H](CCCCN)C(=O)N[C@@H](C)C(=O)N[C@@H](C)C(=O)N[C@@H](CC(N)=O)C(=O)N[C@@H](CCN(C(=O)CO)[C@@H](c1cc(-c2cc(F)ccc2F)cn1Cc1ccccc1)C(C)(C)C)C(=O)NCCC(=O)N[C@@H](CCC(=O)O)C(=O)O.O=C(O)C(F)(F)F. The van der Waals surface area contributed by atoms with Gasteiger partial charge in [-0.05, 0) is 87.7 Å². The van der Waals surface area contributed by atoms with Crippen LogP contribution in [0.5, 0.6) is 0 Å². The van der Waals surface area contributed by atoms with E-state index in [1.165, 1.54) is 25.7 Å². The number of hydrogen-bond donors (Lipinski definition) is 13. The van der Waals surface area contributed by atoms with Crippen LogP contribution in [0.1, 0.15) is 110 Å². The summed E-state index contributed by atoms with van der Waals surface area (Å²) in [6, 6.07) is 3.63. The first-order valence-electron chi connectivity index (χ1n) is 27.4. The fourth-order valence-electron chi connectivity index (χ4n) is 8.62. The van der Waals surface area contributed by atoms with Crippen molar-refractivity contribution in [2.45, 2.75) is 148 Å². The Morgan fingerprint density at radius 3 is 1.78 bits per heavy atom. The molecule has 7 atom stereocenters. The van der Waals surface area contributed by atoms with Crippen LogP contribution < -0.4 is 48.7 Å². The average Bonchev–Trinajstić information content (AvgIpc) is 3.94. The molecule has 486 valence electrons. The molecule has 0 saturated carbocycles. The van der Waals surface area contributed by atoms with Gasteiger partial charge in [-0.1, -0.05) is 51.1 Å². The van der Waals surface area contributed by atoms with E-state index in [2.05, 4.69) is 37.2 Å². The van der Waals surface area contributed by atoms with Crippen molar-refractivity contribution < 1.29 is 99.9 Å². The number of carbonyl (C=O) groups excluding carboxylic acids is 9. The number of nitrogens with zero attached hydrogens (tertiary/aromatic N) is 2. The van der Waals surface area contributed by atoms with Crippen molar-refractivity contribution >= 4 is 71.1 Å². The smallest absolute Gasteiger partial charge is 0.481 e. The number of unbranched alkanes of at least 4 members (excludes halogenated alkanes) is 1. The van der Waals surface area contributed by atoms with Gasteiger partial charge >= 0.3 is 24.1 Å². The number of aliphatic hydroxyl groups excluding tert-OH is 1. The molecule has 1 heterocycles. The summed E-state index contributed by atoms with van der Waals surface area (Å²) in [7, 11) is 0. The van der Waals surface area contributed by atoms with Gasteiger partial charge in [0, 0.05) is 62.4 Å². The first-order valence-corrected chi connectivity index (χ1v) is 27.4. The third-order valence-electron chi connectivity index (χ3n) is 12.9. The van der Waals surface area contributed by atoms with Crippen molar-refractivity contribution in [3.05, 3.63) is 83.7 Å². The van der Waals surface area contributed by atoms with E-state index in [4.69, 9.17) is 26.5 Å². The second-order valence-electron chi connectivity index (χ2n) is 21.2. The second kappa shape index (κ2) is 35.5. The zero-order valence-corrected chi connectivity index (χ0v) is 49.1. The van der Waals surface area contributed by atoms with Gasteiger partial charge in [0.05, 0.1) is 12.5 Å². The van der Waals surface area contributed by atoms with Gasteiger partial charge in [0.1, 0.15) is 54.5 Å². The molecule has 0 unspecified atom stereocenters. The molecule has 0 bridgehead atoms. The van der Waals surface area contributed by atoms with E-state index in [0.717, 1.165) is 23.8 Å².